The van der Waals surface area contributed by atoms with E-state index >= 15 is 0 Å². The lowest BCUT2D eigenvalue weighted by Gasteiger charge is -2.10. The molecular weight excluding hydrogens is 383 g/mol. The molecule has 0 aliphatic carbocycles. The Morgan fingerprint density at radius 2 is 1.63 bits per heavy atom. The Morgan fingerprint density at radius 3 is 2.16 bits per heavy atom. The summed E-state index contributed by atoms with van der Waals surface area (Å²) in [5.74, 6) is -0.516. The van der Waals surface area contributed by atoms with Gasteiger partial charge in [0.15, 0.2) is 0 Å². The molecule has 0 atom stereocenters. The highest BCUT2D eigenvalue weighted by molar-refractivity contribution is 9.11. The Bertz CT molecular complexity index is 644. The predicted molar refractivity (Wildman–Crippen MR) is 75.3 cm³/mol. The van der Waals surface area contributed by atoms with Crippen molar-refractivity contribution in [2.45, 2.75) is 0 Å². The monoisotopic (exact) mass is 388 g/mol. The highest BCUT2D eigenvalue weighted by Gasteiger charge is 2.10. The van der Waals surface area contributed by atoms with Crippen molar-refractivity contribution in [2.24, 2.45) is 0 Å². The van der Waals surface area contributed by atoms with E-state index < -0.39 is 5.97 Å². The van der Waals surface area contributed by atoms with Crippen LogP contribution >= 0.6 is 31.9 Å². The van der Waals surface area contributed by atoms with Crippen molar-refractivity contribution in [3.8, 4) is 11.5 Å². The average Bonchev–Trinajstić information content (AvgIpc) is 2.34. The lowest BCUT2D eigenvalue weighted by Crippen LogP contribution is -1.96. The highest BCUT2D eigenvalue weighted by atomic mass is 79.9. The molecule has 98 valence electrons. The predicted octanol–water partition coefficient (Wildman–Crippen LogP) is 4.84. The molecule has 0 aromatic heterocycles. The van der Waals surface area contributed by atoms with Crippen LogP contribution in [0.15, 0.2) is 45.3 Å². The van der Waals surface area contributed by atoms with Crippen LogP contribution in [0.3, 0.4) is 0 Å². The molecule has 0 amide bonds. The SMILES string of the molecule is O=C(O)c1ccc(Oc2ccc(F)cc2Br)c(Br)c1. The number of ether oxygens (including phenoxy) is 1. The van der Waals surface area contributed by atoms with E-state index in [1.807, 2.05) is 0 Å². The number of halogens is 3. The zero-order valence-electron chi connectivity index (χ0n) is 9.36. The fraction of sp³-hybridized carbons (Fsp3) is 0. The number of hydrogen-bond donors (Lipinski definition) is 1. The summed E-state index contributed by atoms with van der Waals surface area (Å²) in [7, 11) is 0. The Balaban J connectivity index is 2.31. The molecule has 2 aromatic rings. The van der Waals surface area contributed by atoms with E-state index in [1.165, 1.54) is 36.4 Å². The number of carboxylic acids is 1. The van der Waals surface area contributed by atoms with Crippen LogP contribution in [0.1, 0.15) is 10.4 Å². The van der Waals surface area contributed by atoms with Crippen molar-refractivity contribution >= 4 is 37.8 Å². The topological polar surface area (TPSA) is 46.5 Å². The van der Waals surface area contributed by atoms with E-state index in [1.54, 1.807) is 0 Å². The van der Waals surface area contributed by atoms with Gasteiger partial charge in [-0.3, -0.25) is 0 Å². The van der Waals surface area contributed by atoms with Gasteiger partial charge in [0.1, 0.15) is 17.3 Å². The maximum absolute atomic E-state index is 12.9. The van der Waals surface area contributed by atoms with E-state index in [0.29, 0.717) is 20.4 Å². The molecule has 2 aromatic carbocycles. The fourth-order valence-electron chi connectivity index (χ4n) is 1.39. The second-order valence-electron chi connectivity index (χ2n) is 3.63. The molecule has 0 radical (unpaired) electrons. The molecule has 0 heterocycles. The van der Waals surface area contributed by atoms with Crippen LogP contribution < -0.4 is 4.74 Å². The first-order valence-electron chi connectivity index (χ1n) is 5.13. The van der Waals surface area contributed by atoms with Crippen molar-refractivity contribution < 1.29 is 19.0 Å². The second-order valence-corrected chi connectivity index (χ2v) is 5.34. The first-order chi connectivity index (χ1) is 8.97. The number of aromatic carboxylic acids is 1. The van der Waals surface area contributed by atoms with Gasteiger partial charge in [-0.25, -0.2) is 9.18 Å². The lowest BCUT2D eigenvalue weighted by molar-refractivity contribution is 0.0697. The second kappa shape index (κ2) is 5.71. The Labute approximate surface area is 125 Å². The van der Waals surface area contributed by atoms with E-state index in [0.717, 1.165) is 0 Å². The largest absolute Gasteiger partial charge is 0.478 e. The highest BCUT2D eigenvalue weighted by Crippen LogP contribution is 2.34. The normalized spacial score (nSPS) is 10.3. The standard InChI is InChI=1S/C13H7Br2FO3/c14-9-5-7(13(17)18)1-3-11(9)19-12-4-2-8(16)6-10(12)15/h1-6H,(H,17,18). The van der Waals surface area contributed by atoms with Crippen molar-refractivity contribution in [3.05, 3.63) is 56.7 Å². The van der Waals surface area contributed by atoms with Crippen LogP contribution in [0.2, 0.25) is 0 Å². The summed E-state index contributed by atoms with van der Waals surface area (Å²) in [5, 5.41) is 8.85. The fourth-order valence-corrected chi connectivity index (χ4v) is 2.28. The molecule has 0 aliphatic rings. The molecule has 0 unspecified atom stereocenters. The molecule has 0 saturated heterocycles. The van der Waals surface area contributed by atoms with Gasteiger partial charge in [-0.15, -0.1) is 0 Å². The molecule has 0 saturated carbocycles. The summed E-state index contributed by atoms with van der Waals surface area (Å²) in [6.07, 6.45) is 0. The molecule has 0 spiro atoms. The van der Waals surface area contributed by atoms with Gasteiger partial charge in [0.25, 0.3) is 0 Å². The van der Waals surface area contributed by atoms with Gasteiger partial charge in [0, 0.05) is 0 Å². The van der Waals surface area contributed by atoms with Crippen LogP contribution in [-0.2, 0) is 0 Å². The van der Waals surface area contributed by atoms with Gasteiger partial charge < -0.3 is 9.84 Å². The molecule has 2 rings (SSSR count). The molecule has 0 bridgehead atoms. The summed E-state index contributed by atoms with van der Waals surface area (Å²) < 4.78 is 19.5. The third kappa shape index (κ3) is 3.33. The molecule has 19 heavy (non-hydrogen) atoms. The maximum atomic E-state index is 12.9. The molecule has 3 nitrogen and oxygen atoms in total. The van der Waals surface area contributed by atoms with Crippen molar-refractivity contribution in [1.82, 2.24) is 0 Å². The number of hydrogen-bond acceptors (Lipinski definition) is 2. The summed E-state index contributed by atoms with van der Waals surface area (Å²) in [4.78, 5) is 10.8. The minimum absolute atomic E-state index is 0.150. The van der Waals surface area contributed by atoms with Gasteiger partial charge in [0.05, 0.1) is 14.5 Å². The molecule has 1 N–H and O–H groups in total. The molecule has 0 aliphatic heterocycles. The zero-order chi connectivity index (χ0) is 14.0. The van der Waals surface area contributed by atoms with Gasteiger partial charge in [0.2, 0.25) is 0 Å². The lowest BCUT2D eigenvalue weighted by atomic mass is 10.2. The summed E-state index contributed by atoms with van der Waals surface area (Å²) >= 11 is 6.43. The summed E-state index contributed by atoms with van der Waals surface area (Å²) in [6, 6.07) is 8.45. The van der Waals surface area contributed by atoms with Crippen LogP contribution in [0, 0.1) is 5.82 Å². The Hall–Kier alpha value is -1.40. The quantitative estimate of drug-likeness (QED) is 0.816. The molecular formula is C13H7Br2FO3. The first kappa shape index (κ1) is 14.0. The van der Waals surface area contributed by atoms with Gasteiger partial charge in [-0.2, -0.15) is 0 Å². The van der Waals surface area contributed by atoms with Crippen molar-refractivity contribution in [1.29, 1.82) is 0 Å². The minimum Gasteiger partial charge on any atom is -0.478 e. The number of carboxylic acid groups (broad SMARTS) is 1. The van der Waals surface area contributed by atoms with Crippen LogP contribution in [0.4, 0.5) is 4.39 Å². The Morgan fingerprint density at radius 1 is 1.05 bits per heavy atom. The van der Waals surface area contributed by atoms with Crippen LogP contribution in [0.5, 0.6) is 11.5 Å². The van der Waals surface area contributed by atoms with Gasteiger partial charge in [-0.05, 0) is 68.3 Å². The molecule has 0 fully saturated rings. The van der Waals surface area contributed by atoms with Crippen LogP contribution in [0.25, 0.3) is 0 Å². The van der Waals surface area contributed by atoms with E-state index in [-0.39, 0.29) is 11.4 Å². The molecule has 6 heteroatoms. The van der Waals surface area contributed by atoms with E-state index in [2.05, 4.69) is 31.9 Å². The van der Waals surface area contributed by atoms with E-state index in [4.69, 9.17) is 9.84 Å². The van der Waals surface area contributed by atoms with Crippen molar-refractivity contribution in [2.75, 3.05) is 0 Å². The maximum Gasteiger partial charge on any atom is 0.335 e. The van der Waals surface area contributed by atoms with Gasteiger partial charge >= 0.3 is 5.97 Å². The Kier molecular flexibility index (Phi) is 4.21. The van der Waals surface area contributed by atoms with Gasteiger partial charge in [-0.1, -0.05) is 0 Å². The summed E-state index contributed by atoms with van der Waals surface area (Å²) in [5.41, 5.74) is 0.150. The number of rotatable bonds is 3. The third-order valence-corrected chi connectivity index (χ3v) is 3.53. The van der Waals surface area contributed by atoms with Crippen molar-refractivity contribution in [3.63, 3.8) is 0 Å². The third-order valence-electron chi connectivity index (χ3n) is 2.29. The van der Waals surface area contributed by atoms with Crippen LogP contribution in [-0.4, -0.2) is 11.1 Å². The number of benzene rings is 2. The minimum atomic E-state index is -1.02. The smallest absolute Gasteiger partial charge is 0.335 e. The van der Waals surface area contributed by atoms with E-state index in [9.17, 15) is 9.18 Å². The average molecular weight is 390 g/mol. The number of carbonyl (C=O) groups is 1. The summed E-state index contributed by atoms with van der Waals surface area (Å²) in [6.45, 7) is 0. The first-order valence-corrected chi connectivity index (χ1v) is 6.71. The zero-order valence-corrected chi connectivity index (χ0v) is 12.5.